The van der Waals surface area contributed by atoms with Crippen molar-refractivity contribution in [2.24, 2.45) is 0 Å². The molecule has 0 aromatic heterocycles. The van der Waals surface area contributed by atoms with Gasteiger partial charge in [0.1, 0.15) is 5.75 Å². The third kappa shape index (κ3) is 15.2. The van der Waals surface area contributed by atoms with E-state index in [0.717, 1.165) is 48.1 Å². The second kappa shape index (κ2) is 20.6. The Hall–Kier alpha value is -5.24. The number of esters is 2. The predicted molar refractivity (Wildman–Crippen MR) is 179 cm³/mol. The first-order valence-corrected chi connectivity index (χ1v) is 14.6. The number of hydrogen-bond acceptors (Lipinski definition) is 7. The third-order valence-corrected chi connectivity index (χ3v) is 6.29. The summed E-state index contributed by atoms with van der Waals surface area (Å²) >= 11 is 0. The van der Waals surface area contributed by atoms with E-state index in [9.17, 15) is 19.7 Å². The first-order valence-electron chi connectivity index (χ1n) is 14.6. The average Bonchev–Trinajstić information content (AvgIpc) is 3.05. The van der Waals surface area contributed by atoms with Crippen LogP contribution in [0.2, 0.25) is 0 Å². The summed E-state index contributed by atoms with van der Waals surface area (Å²) in [6, 6.07) is 24.1. The number of rotatable bonds is 16. The highest BCUT2D eigenvalue weighted by molar-refractivity contribution is 5.88. The topological polar surface area (TPSA) is 105 Å². The first-order chi connectivity index (χ1) is 21.7. The number of unbranched alkanes of at least 4 members (excludes halogenated alkanes) is 3. The summed E-state index contributed by atoms with van der Waals surface area (Å²) in [5.41, 5.74) is 4.00. The maximum atomic E-state index is 11.2. The van der Waals surface area contributed by atoms with Crippen LogP contribution in [0.4, 0.5) is 5.69 Å². The molecule has 0 aliphatic carbocycles. The molecule has 0 bridgehead atoms. The van der Waals surface area contributed by atoms with Crippen LogP contribution in [-0.4, -0.2) is 37.2 Å². The Labute approximate surface area is 265 Å². The smallest absolute Gasteiger partial charge is 0.333 e. The molecule has 45 heavy (non-hydrogen) atoms. The number of carbonyl (C=O) groups excluding carboxylic acids is 2. The molecule has 0 unspecified atom stereocenters. The molecule has 0 spiro atoms. The number of carbonyl (C=O) groups is 2. The minimum Gasteiger partial charge on any atom is -0.494 e. The second-order valence-corrected chi connectivity index (χ2v) is 10.0. The lowest BCUT2D eigenvalue weighted by Crippen LogP contribution is -2.06. The Kier molecular flexibility index (Phi) is 16.5. The van der Waals surface area contributed by atoms with Crippen molar-refractivity contribution in [1.82, 2.24) is 0 Å². The van der Waals surface area contributed by atoms with Gasteiger partial charge in [-0.2, -0.15) is 0 Å². The van der Waals surface area contributed by atoms with Gasteiger partial charge in [0, 0.05) is 23.3 Å². The Bertz CT molecular complexity index is 1440. The molecule has 3 aromatic rings. The second-order valence-electron chi connectivity index (χ2n) is 10.0. The number of hydrogen-bond donors (Lipinski definition) is 0. The maximum absolute atomic E-state index is 11.2. The maximum Gasteiger partial charge on any atom is 0.333 e. The molecule has 0 saturated heterocycles. The van der Waals surface area contributed by atoms with Crippen molar-refractivity contribution in [1.29, 1.82) is 0 Å². The third-order valence-electron chi connectivity index (χ3n) is 6.29. The van der Waals surface area contributed by atoms with Gasteiger partial charge in [-0.15, -0.1) is 0 Å². The van der Waals surface area contributed by atoms with Crippen LogP contribution in [0.3, 0.4) is 0 Å². The van der Waals surface area contributed by atoms with Gasteiger partial charge in [-0.25, -0.2) is 9.59 Å². The van der Waals surface area contributed by atoms with Gasteiger partial charge in [0.25, 0.3) is 5.69 Å². The molecule has 3 rings (SSSR count). The molecule has 0 amide bonds. The van der Waals surface area contributed by atoms with Crippen molar-refractivity contribution in [2.45, 2.75) is 39.0 Å². The van der Waals surface area contributed by atoms with Crippen LogP contribution in [0, 0.1) is 10.1 Å². The number of benzene rings is 3. The molecular formula is C37H41NO7. The van der Waals surface area contributed by atoms with E-state index >= 15 is 0 Å². The molecule has 0 radical (unpaired) electrons. The van der Waals surface area contributed by atoms with E-state index in [4.69, 9.17) is 9.47 Å². The zero-order valence-corrected chi connectivity index (χ0v) is 26.0. The minimum atomic E-state index is -0.409. The van der Waals surface area contributed by atoms with Gasteiger partial charge in [0.05, 0.1) is 25.2 Å². The summed E-state index contributed by atoms with van der Waals surface area (Å²) in [7, 11) is 1.36. The summed E-state index contributed by atoms with van der Waals surface area (Å²) < 4.78 is 15.3. The van der Waals surface area contributed by atoms with Gasteiger partial charge in [0.15, 0.2) is 0 Å². The quantitative estimate of drug-likeness (QED) is 0.0399. The van der Waals surface area contributed by atoms with E-state index in [0.29, 0.717) is 30.8 Å². The zero-order chi connectivity index (χ0) is 32.9. The van der Waals surface area contributed by atoms with Crippen LogP contribution in [-0.2, 0) is 19.1 Å². The average molecular weight is 612 g/mol. The SMILES string of the molecule is C=C(C)C(=O)OCCCCCCOc1ccc(C=Cc2ccc([N+](=O)[O-])cc2)cc1.C=C(CC=Cc1ccccc1)C(=O)OC. The van der Waals surface area contributed by atoms with Crippen LogP contribution in [0.25, 0.3) is 18.2 Å². The largest absolute Gasteiger partial charge is 0.494 e. The summed E-state index contributed by atoms with van der Waals surface area (Å²) in [6.45, 7) is 9.89. The lowest BCUT2D eigenvalue weighted by molar-refractivity contribution is -0.384. The van der Waals surface area contributed by atoms with Crippen molar-refractivity contribution in [3.8, 4) is 5.75 Å². The summed E-state index contributed by atoms with van der Waals surface area (Å²) in [6.07, 6.45) is 12.0. The lowest BCUT2D eigenvalue weighted by atomic mass is 10.1. The van der Waals surface area contributed by atoms with E-state index in [1.807, 2.05) is 78.9 Å². The standard InChI is InChI=1S/C24H27NO5.C13H14O2/c1-19(2)24(26)30-18-6-4-3-5-17-29-23-15-11-21(12-16-23)8-7-20-9-13-22(14-10-20)25(27)28;1-11(13(14)15-2)7-6-10-12-8-4-3-5-9-12/h7-16H,1,3-6,17-18H2,2H3;3-6,8-10H,1,7H2,2H3. The van der Waals surface area contributed by atoms with Crippen LogP contribution in [0.15, 0.2) is 109 Å². The zero-order valence-electron chi connectivity index (χ0n) is 26.0. The molecule has 0 aliphatic heterocycles. The molecule has 0 heterocycles. The highest BCUT2D eigenvalue weighted by atomic mass is 16.6. The monoisotopic (exact) mass is 611 g/mol. The molecule has 8 heteroatoms. The molecule has 0 atom stereocenters. The van der Waals surface area contributed by atoms with Crippen molar-refractivity contribution in [3.63, 3.8) is 0 Å². The fourth-order valence-corrected chi connectivity index (χ4v) is 3.74. The molecular weight excluding hydrogens is 570 g/mol. The fraction of sp³-hybridized carbons (Fsp3) is 0.243. The number of non-ortho nitro benzene ring substituents is 1. The Balaban J connectivity index is 0.000000394. The van der Waals surface area contributed by atoms with Gasteiger partial charge in [-0.05, 0) is 80.0 Å². The van der Waals surface area contributed by atoms with Gasteiger partial charge in [-0.1, -0.05) is 79.9 Å². The number of nitro benzene ring substituents is 1. The molecule has 0 saturated carbocycles. The Morgan fingerprint density at radius 3 is 1.87 bits per heavy atom. The number of methoxy groups -OCH3 is 1. The Morgan fingerprint density at radius 2 is 1.31 bits per heavy atom. The number of ether oxygens (including phenoxy) is 3. The molecule has 0 fully saturated rings. The minimum absolute atomic E-state index is 0.0832. The molecule has 8 nitrogen and oxygen atoms in total. The van der Waals surface area contributed by atoms with E-state index < -0.39 is 4.92 Å². The summed E-state index contributed by atoms with van der Waals surface area (Å²) in [4.78, 5) is 32.5. The molecule has 0 N–H and O–H groups in total. The van der Waals surface area contributed by atoms with Crippen LogP contribution >= 0.6 is 0 Å². The van der Waals surface area contributed by atoms with Crippen LogP contribution in [0.5, 0.6) is 5.75 Å². The van der Waals surface area contributed by atoms with Crippen molar-refractivity contribution >= 4 is 35.9 Å². The molecule has 0 aliphatic rings. The molecule has 236 valence electrons. The van der Waals surface area contributed by atoms with Gasteiger partial charge >= 0.3 is 11.9 Å². The predicted octanol–water partition coefficient (Wildman–Crippen LogP) is 8.64. The van der Waals surface area contributed by atoms with Gasteiger partial charge in [-0.3, -0.25) is 10.1 Å². The number of nitrogens with zero attached hydrogens (tertiary/aromatic N) is 1. The van der Waals surface area contributed by atoms with Crippen molar-refractivity contribution in [3.05, 3.63) is 136 Å². The molecule has 3 aromatic carbocycles. The first kappa shape index (κ1) is 36.0. The summed E-state index contributed by atoms with van der Waals surface area (Å²) in [5.74, 6) is 0.134. The van der Waals surface area contributed by atoms with E-state index in [2.05, 4.69) is 17.9 Å². The Morgan fingerprint density at radius 1 is 0.756 bits per heavy atom. The van der Waals surface area contributed by atoms with Crippen molar-refractivity contribution in [2.75, 3.05) is 20.3 Å². The number of nitro groups is 1. The lowest BCUT2D eigenvalue weighted by Gasteiger charge is -2.07. The van der Waals surface area contributed by atoms with Gasteiger partial charge < -0.3 is 14.2 Å². The number of allylic oxidation sites excluding steroid dienone is 1. The van der Waals surface area contributed by atoms with E-state index in [1.54, 1.807) is 19.1 Å². The van der Waals surface area contributed by atoms with E-state index in [1.165, 1.54) is 19.2 Å². The van der Waals surface area contributed by atoms with Crippen LogP contribution in [0.1, 0.15) is 55.7 Å². The van der Waals surface area contributed by atoms with Crippen LogP contribution < -0.4 is 4.74 Å². The highest BCUT2D eigenvalue weighted by Gasteiger charge is 2.04. The van der Waals surface area contributed by atoms with Crippen molar-refractivity contribution < 1.29 is 28.7 Å². The van der Waals surface area contributed by atoms with E-state index in [-0.39, 0.29) is 17.6 Å². The van der Waals surface area contributed by atoms with Gasteiger partial charge in [0.2, 0.25) is 0 Å². The fourth-order valence-electron chi connectivity index (χ4n) is 3.74. The summed E-state index contributed by atoms with van der Waals surface area (Å²) in [5, 5.41) is 10.7. The highest BCUT2D eigenvalue weighted by Crippen LogP contribution is 2.17. The normalized spacial score (nSPS) is 10.5.